The number of nitrogens with one attached hydrogen (secondary N) is 3. The van der Waals surface area contributed by atoms with Crippen molar-refractivity contribution in [3.05, 3.63) is 71.0 Å². The molecule has 0 fully saturated rings. The molecule has 2 heterocycles. The molecule has 2 aromatic heterocycles. The molecule has 0 aliphatic rings. The van der Waals surface area contributed by atoms with Crippen LogP contribution in [0.1, 0.15) is 16.1 Å². The number of aliphatic carboxylic acids is 1. The van der Waals surface area contributed by atoms with Gasteiger partial charge in [0.05, 0.1) is 10.5 Å². The highest BCUT2D eigenvalue weighted by Crippen LogP contribution is 2.24. The van der Waals surface area contributed by atoms with Crippen LogP contribution in [-0.2, 0) is 11.2 Å². The molecule has 136 valence electrons. The summed E-state index contributed by atoms with van der Waals surface area (Å²) in [7, 11) is 0. The van der Waals surface area contributed by atoms with Crippen LogP contribution in [0.15, 0.2) is 54.7 Å². The van der Waals surface area contributed by atoms with E-state index in [0.717, 1.165) is 21.9 Å². The number of fused-ring (bicyclic) bond motifs is 2. The summed E-state index contributed by atoms with van der Waals surface area (Å²) in [5.74, 6) is -1.59. The maximum atomic E-state index is 12.6. The number of rotatable bonds is 5. The normalized spacial score (nSPS) is 12.3. The predicted octanol–water partition coefficient (Wildman–Crippen LogP) is 3.73. The number of carbonyl (C=O) groups excluding carboxylic acids is 1. The Morgan fingerprint density at radius 1 is 1.15 bits per heavy atom. The minimum atomic E-state index is -1.09. The lowest BCUT2D eigenvalue weighted by Gasteiger charge is -2.13. The SMILES string of the molecule is O=C(NC(Cc1c[nH]c2ccccc12)C(=O)O)c1cc2cccc(Cl)c2[nH]1. The molecule has 0 bridgehead atoms. The molecule has 7 heteroatoms. The number of amides is 1. The lowest BCUT2D eigenvalue weighted by atomic mass is 10.0. The standard InChI is InChI=1S/C20H16ClN3O3/c21-14-6-3-4-11-8-16(23-18(11)14)19(25)24-17(20(26)27)9-12-10-22-15-7-2-1-5-13(12)15/h1-8,10,17,22-23H,9H2,(H,24,25)(H,26,27). The largest absolute Gasteiger partial charge is 0.480 e. The third kappa shape index (κ3) is 3.27. The van der Waals surface area contributed by atoms with Crippen LogP contribution >= 0.6 is 11.6 Å². The Balaban J connectivity index is 1.58. The molecule has 0 saturated carbocycles. The minimum absolute atomic E-state index is 0.173. The summed E-state index contributed by atoms with van der Waals surface area (Å²) in [4.78, 5) is 30.3. The number of carbonyl (C=O) groups is 2. The van der Waals surface area contributed by atoms with E-state index < -0.39 is 17.9 Å². The second kappa shape index (κ2) is 6.81. The molecule has 6 nitrogen and oxygen atoms in total. The van der Waals surface area contributed by atoms with Gasteiger partial charge in [0.1, 0.15) is 11.7 Å². The highest BCUT2D eigenvalue weighted by atomic mass is 35.5. The molecule has 4 aromatic rings. The minimum Gasteiger partial charge on any atom is -0.480 e. The van der Waals surface area contributed by atoms with E-state index in [-0.39, 0.29) is 12.1 Å². The Bertz CT molecular complexity index is 1160. The quantitative estimate of drug-likeness (QED) is 0.424. The Hall–Kier alpha value is -3.25. The zero-order valence-electron chi connectivity index (χ0n) is 14.1. The molecule has 0 saturated heterocycles. The van der Waals surface area contributed by atoms with Crippen molar-refractivity contribution in [1.29, 1.82) is 0 Å². The summed E-state index contributed by atoms with van der Waals surface area (Å²) < 4.78 is 0. The molecule has 0 spiro atoms. The van der Waals surface area contributed by atoms with Crippen molar-refractivity contribution >= 4 is 45.3 Å². The van der Waals surface area contributed by atoms with Crippen molar-refractivity contribution in [3.63, 3.8) is 0 Å². The van der Waals surface area contributed by atoms with Crippen LogP contribution in [0.4, 0.5) is 0 Å². The molecule has 4 N–H and O–H groups in total. The first-order valence-corrected chi connectivity index (χ1v) is 8.76. The van der Waals surface area contributed by atoms with Gasteiger partial charge < -0.3 is 20.4 Å². The number of hydrogen-bond acceptors (Lipinski definition) is 2. The van der Waals surface area contributed by atoms with E-state index >= 15 is 0 Å². The van der Waals surface area contributed by atoms with Gasteiger partial charge >= 0.3 is 5.97 Å². The summed E-state index contributed by atoms with van der Waals surface area (Å²) >= 11 is 6.12. The Morgan fingerprint density at radius 2 is 1.96 bits per heavy atom. The fraction of sp³-hybridized carbons (Fsp3) is 0.100. The predicted molar refractivity (Wildman–Crippen MR) is 104 cm³/mol. The van der Waals surface area contributed by atoms with Crippen LogP contribution in [0.2, 0.25) is 5.02 Å². The number of carboxylic acid groups (broad SMARTS) is 1. The Kier molecular flexibility index (Phi) is 4.33. The number of halogens is 1. The number of aromatic amines is 2. The molecule has 2 aromatic carbocycles. The third-order valence-electron chi connectivity index (χ3n) is 4.55. The lowest BCUT2D eigenvalue weighted by Crippen LogP contribution is -2.42. The maximum Gasteiger partial charge on any atom is 0.326 e. The number of H-pyrrole nitrogens is 2. The number of benzene rings is 2. The van der Waals surface area contributed by atoms with Crippen LogP contribution < -0.4 is 5.32 Å². The van der Waals surface area contributed by atoms with Gasteiger partial charge in [-0.25, -0.2) is 4.79 Å². The van der Waals surface area contributed by atoms with Gasteiger partial charge in [-0.1, -0.05) is 41.9 Å². The van der Waals surface area contributed by atoms with Crippen molar-refractivity contribution in [1.82, 2.24) is 15.3 Å². The Morgan fingerprint density at radius 3 is 2.74 bits per heavy atom. The van der Waals surface area contributed by atoms with Gasteiger partial charge in [-0.3, -0.25) is 4.79 Å². The van der Waals surface area contributed by atoms with Gasteiger partial charge in [0.15, 0.2) is 0 Å². The number of carboxylic acids is 1. The Labute approximate surface area is 159 Å². The van der Waals surface area contributed by atoms with Crippen LogP contribution in [-0.4, -0.2) is 33.0 Å². The second-order valence-electron chi connectivity index (χ2n) is 6.31. The molecule has 1 amide bonds. The molecule has 0 aliphatic carbocycles. The molecule has 4 rings (SSSR count). The first-order chi connectivity index (χ1) is 13.0. The van der Waals surface area contributed by atoms with Crippen molar-refractivity contribution in [2.45, 2.75) is 12.5 Å². The molecular formula is C20H16ClN3O3. The number of hydrogen-bond donors (Lipinski definition) is 4. The van der Waals surface area contributed by atoms with Crippen molar-refractivity contribution in [3.8, 4) is 0 Å². The number of aromatic nitrogens is 2. The average molecular weight is 382 g/mol. The molecule has 1 unspecified atom stereocenters. The van der Waals surface area contributed by atoms with Gasteiger partial charge in [-0.05, 0) is 23.8 Å². The van der Waals surface area contributed by atoms with E-state index in [2.05, 4.69) is 15.3 Å². The fourth-order valence-electron chi connectivity index (χ4n) is 3.20. The lowest BCUT2D eigenvalue weighted by molar-refractivity contribution is -0.139. The second-order valence-corrected chi connectivity index (χ2v) is 6.72. The monoisotopic (exact) mass is 381 g/mol. The molecule has 1 atom stereocenters. The van der Waals surface area contributed by atoms with E-state index in [1.165, 1.54) is 0 Å². The van der Waals surface area contributed by atoms with E-state index in [9.17, 15) is 14.7 Å². The van der Waals surface area contributed by atoms with Crippen LogP contribution in [0.25, 0.3) is 21.8 Å². The third-order valence-corrected chi connectivity index (χ3v) is 4.87. The van der Waals surface area contributed by atoms with E-state index in [4.69, 9.17) is 11.6 Å². The van der Waals surface area contributed by atoms with Crippen LogP contribution in [0, 0.1) is 0 Å². The van der Waals surface area contributed by atoms with Gasteiger partial charge in [0.2, 0.25) is 0 Å². The average Bonchev–Trinajstić information content (AvgIpc) is 3.26. The molecule has 27 heavy (non-hydrogen) atoms. The van der Waals surface area contributed by atoms with Crippen LogP contribution in [0.3, 0.4) is 0 Å². The van der Waals surface area contributed by atoms with Gasteiger partial charge in [-0.15, -0.1) is 0 Å². The maximum absolute atomic E-state index is 12.6. The summed E-state index contributed by atoms with van der Waals surface area (Å²) in [6.07, 6.45) is 1.95. The zero-order valence-corrected chi connectivity index (χ0v) is 14.9. The van der Waals surface area contributed by atoms with E-state index in [1.54, 1.807) is 24.4 Å². The number of para-hydroxylation sites is 2. The zero-order chi connectivity index (χ0) is 19.0. The smallest absolute Gasteiger partial charge is 0.326 e. The fourth-order valence-corrected chi connectivity index (χ4v) is 3.43. The topological polar surface area (TPSA) is 98.0 Å². The van der Waals surface area contributed by atoms with Gasteiger partial charge in [0, 0.05) is 28.9 Å². The highest BCUT2D eigenvalue weighted by molar-refractivity contribution is 6.35. The molecular weight excluding hydrogens is 366 g/mol. The van der Waals surface area contributed by atoms with Crippen LogP contribution in [0.5, 0.6) is 0 Å². The highest BCUT2D eigenvalue weighted by Gasteiger charge is 2.23. The first-order valence-electron chi connectivity index (χ1n) is 8.39. The van der Waals surface area contributed by atoms with Crippen molar-refractivity contribution in [2.75, 3.05) is 0 Å². The van der Waals surface area contributed by atoms with Crippen molar-refractivity contribution in [2.24, 2.45) is 0 Å². The first kappa shape index (κ1) is 17.2. The molecule has 0 radical (unpaired) electrons. The van der Waals surface area contributed by atoms with Gasteiger partial charge in [0.25, 0.3) is 5.91 Å². The van der Waals surface area contributed by atoms with Gasteiger partial charge in [-0.2, -0.15) is 0 Å². The summed E-state index contributed by atoms with van der Waals surface area (Å²) in [6, 6.07) is 13.6. The molecule has 0 aliphatic heterocycles. The van der Waals surface area contributed by atoms with E-state index in [1.807, 2.05) is 30.3 Å². The summed E-state index contributed by atoms with van der Waals surface area (Å²) in [5, 5.41) is 14.4. The summed E-state index contributed by atoms with van der Waals surface area (Å²) in [5.41, 5.74) is 2.67. The summed E-state index contributed by atoms with van der Waals surface area (Å²) in [6.45, 7) is 0. The van der Waals surface area contributed by atoms with Crippen molar-refractivity contribution < 1.29 is 14.7 Å². The van der Waals surface area contributed by atoms with E-state index in [0.29, 0.717) is 10.5 Å².